The molecule has 0 N–H and O–H groups in total. The van der Waals surface area contributed by atoms with Crippen molar-refractivity contribution in [1.82, 2.24) is 0 Å². The van der Waals surface area contributed by atoms with Crippen LogP contribution in [0.3, 0.4) is 0 Å². The first kappa shape index (κ1) is 19.4. The Morgan fingerprint density at radius 1 is 0.964 bits per heavy atom. The van der Waals surface area contributed by atoms with Gasteiger partial charge >= 0.3 is 11.9 Å². The molecule has 2 aromatic carbocycles. The largest absolute Gasteiger partial charge is 0.464 e. The van der Waals surface area contributed by atoms with Gasteiger partial charge in [-0.05, 0) is 31.5 Å². The number of hydrogen-bond donors (Lipinski definition) is 0. The Kier molecular flexibility index (Phi) is 5.63. The highest BCUT2D eigenvalue weighted by atomic mass is 16.9. The number of carbonyl (C=O) groups excluding carboxylic acids is 2. The summed E-state index contributed by atoms with van der Waals surface area (Å²) in [6.45, 7) is 3.26. The van der Waals surface area contributed by atoms with Crippen molar-refractivity contribution in [2.24, 2.45) is 0 Å². The van der Waals surface area contributed by atoms with Gasteiger partial charge in [0.1, 0.15) is 5.92 Å². The number of ether oxygens (including phenoxy) is 2. The van der Waals surface area contributed by atoms with E-state index >= 15 is 0 Å². The van der Waals surface area contributed by atoms with Gasteiger partial charge in [-0.25, -0.2) is 9.59 Å². The number of benzene rings is 2. The minimum Gasteiger partial charge on any atom is -0.464 e. The maximum atomic E-state index is 13.0. The van der Waals surface area contributed by atoms with Crippen LogP contribution in [-0.2, 0) is 23.9 Å². The van der Waals surface area contributed by atoms with E-state index in [0.717, 1.165) is 0 Å². The van der Waals surface area contributed by atoms with Crippen LogP contribution in [0.5, 0.6) is 0 Å². The minimum atomic E-state index is -2.26. The van der Waals surface area contributed by atoms with Crippen LogP contribution in [0.1, 0.15) is 30.9 Å². The molecule has 0 fully saturated rings. The molecule has 0 amide bonds. The standard InChI is InChI=1S/C21H21NO6/c1-3-26-19(23)21(20(24)27-4-2)17(15-11-7-5-8-12-15)18(22(25)28-21)16-13-9-6-10-14-16/h5-14,17H,3-4H2,1-2H3/t17-/m0/s1. The zero-order valence-electron chi connectivity index (χ0n) is 15.7. The van der Waals surface area contributed by atoms with Crippen molar-refractivity contribution in [3.8, 4) is 0 Å². The van der Waals surface area contributed by atoms with Gasteiger partial charge in [0.25, 0.3) is 11.3 Å². The van der Waals surface area contributed by atoms with Crippen molar-refractivity contribution >= 4 is 17.7 Å². The van der Waals surface area contributed by atoms with Gasteiger partial charge in [0.15, 0.2) is 0 Å². The Morgan fingerprint density at radius 3 is 1.96 bits per heavy atom. The Bertz CT molecular complexity index is 860. The fraction of sp³-hybridized carbons (Fsp3) is 0.286. The summed E-state index contributed by atoms with van der Waals surface area (Å²) in [5, 5.41) is 12.8. The van der Waals surface area contributed by atoms with Crippen LogP contribution in [0.2, 0.25) is 0 Å². The van der Waals surface area contributed by atoms with Crippen LogP contribution in [0.15, 0.2) is 60.7 Å². The molecule has 28 heavy (non-hydrogen) atoms. The third kappa shape index (κ3) is 3.19. The molecule has 7 nitrogen and oxygen atoms in total. The molecule has 0 saturated carbocycles. The van der Waals surface area contributed by atoms with E-state index in [4.69, 9.17) is 14.3 Å². The average molecular weight is 383 g/mol. The van der Waals surface area contributed by atoms with Crippen molar-refractivity contribution in [3.63, 3.8) is 0 Å². The lowest BCUT2D eigenvalue weighted by Crippen LogP contribution is -2.54. The van der Waals surface area contributed by atoms with Crippen LogP contribution < -0.4 is 0 Å². The number of carbonyl (C=O) groups is 2. The summed E-state index contributed by atoms with van der Waals surface area (Å²) in [7, 11) is 0. The molecule has 7 heteroatoms. The summed E-state index contributed by atoms with van der Waals surface area (Å²) in [5.74, 6) is -2.96. The fourth-order valence-corrected chi connectivity index (χ4v) is 3.32. The highest BCUT2D eigenvalue weighted by molar-refractivity contribution is 6.15. The third-order valence-corrected chi connectivity index (χ3v) is 4.46. The topological polar surface area (TPSA) is 87.9 Å². The monoisotopic (exact) mass is 383 g/mol. The van der Waals surface area contributed by atoms with Crippen molar-refractivity contribution in [2.75, 3.05) is 13.2 Å². The molecule has 0 aliphatic carbocycles. The smallest absolute Gasteiger partial charge is 0.341 e. The third-order valence-electron chi connectivity index (χ3n) is 4.46. The van der Waals surface area contributed by atoms with Crippen molar-refractivity contribution in [3.05, 3.63) is 77.0 Å². The highest BCUT2D eigenvalue weighted by Crippen LogP contribution is 2.42. The molecule has 0 aromatic heterocycles. The molecule has 0 spiro atoms. The molecule has 1 aliphatic rings. The molecule has 0 bridgehead atoms. The Morgan fingerprint density at radius 2 is 1.46 bits per heavy atom. The lowest BCUT2D eigenvalue weighted by Gasteiger charge is -2.30. The maximum Gasteiger partial charge on any atom is 0.341 e. The zero-order valence-corrected chi connectivity index (χ0v) is 15.7. The summed E-state index contributed by atoms with van der Waals surface area (Å²) < 4.78 is 10.3. The van der Waals surface area contributed by atoms with Gasteiger partial charge in [-0.3, -0.25) is 5.21 Å². The van der Waals surface area contributed by atoms with Crippen LogP contribution in [0, 0.1) is 5.21 Å². The first-order chi connectivity index (χ1) is 13.6. The second kappa shape index (κ2) is 8.12. The number of nitrogens with zero attached hydrogens (tertiary/aromatic N) is 1. The van der Waals surface area contributed by atoms with E-state index in [-0.39, 0.29) is 23.8 Å². The highest BCUT2D eigenvalue weighted by Gasteiger charge is 2.65. The molecule has 1 aliphatic heterocycles. The first-order valence-corrected chi connectivity index (χ1v) is 9.04. The molecule has 0 radical (unpaired) electrons. The van der Waals surface area contributed by atoms with E-state index < -0.39 is 23.5 Å². The number of esters is 2. The van der Waals surface area contributed by atoms with Crippen LogP contribution in [0.4, 0.5) is 0 Å². The van der Waals surface area contributed by atoms with Crippen molar-refractivity contribution < 1.29 is 28.8 Å². The Hall–Kier alpha value is -3.35. The van der Waals surface area contributed by atoms with Gasteiger partial charge in [-0.15, -0.1) is 0 Å². The summed E-state index contributed by atoms with van der Waals surface area (Å²) in [5.41, 5.74) is -1.05. The normalized spacial score (nSPS) is 17.7. The molecular formula is C21H21NO6. The predicted octanol–water partition coefficient (Wildman–Crippen LogP) is 2.58. The van der Waals surface area contributed by atoms with E-state index in [1.807, 2.05) is 0 Å². The van der Waals surface area contributed by atoms with E-state index in [0.29, 0.717) is 11.1 Å². The SMILES string of the molecule is CCOC(=O)C1(C(=O)OCC)O[N+]([O-])=C(c2ccccc2)[C@@H]1c1ccccc1. The molecule has 1 heterocycles. The fourth-order valence-electron chi connectivity index (χ4n) is 3.32. The second-order valence-corrected chi connectivity index (χ2v) is 6.12. The second-order valence-electron chi connectivity index (χ2n) is 6.12. The van der Waals surface area contributed by atoms with Gasteiger partial charge in [-0.2, -0.15) is 0 Å². The molecular weight excluding hydrogens is 362 g/mol. The molecule has 0 saturated heterocycles. The van der Waals surface area contributed by atoms with Crippen molar-refractivity contribution in [1.29, 1.82) is 0 Å². The molecule has 2 aromatic rings. The van der Waals surface area contributed by atoms with Gasteiger partial charge in [0.2, 0.25) is 0 Å². The van der Waals surface area contributed by atoms with Crippen LogP contribution in [-0.4, -0.2) is 41.4 Å². The summed E-state index contributed by atoms with van der Waals surface area (Å²) in [6, 6.07) is 17.5. The van der Waals surface area contributed by atoms with E-state index in [1.165, 1.54) is 0 Å². The molecule has 3 rings (SSSR count). The summed E-state index contributed by atoms with van der Waals surface area (Å²) in [6.07, 6.45) is 0. The zero-order chi connectivity index (χ0) is 20.1. The number of rotatable bonds is 6. The average Bonchev–Trinajstić information content (AvgIpc) is 3.04. The summed E-state index contributed by atoms with van der Waals surface area (Å²) >= 11 is 0. The van der Waals surface area contributed by atoms with E-state index in [9.17, 15) is 14.8 Å². The molecule has 146 valence electrons. The number of hydrogen-bond acceptors (Lipinski definition) is 6. The van der Waals surface area contributed by atoms with Gasteiger partial charge in [-0.1, -0.05) is 48.5 Å². The van der Waals surface area contributed by atoms with Crippen LogP contribution >= 0.6 is 0 Å². The lowest BCUT2D eigenvalue weighted by atomic mass is 9.77. The van der Waals surface area contributed by atoms with E-state index in [1.54, 1.807) is 74.5 Å². The molecule has 1 atom stereocenters. The van der Waals surface area contributed by atoms with Crippen LogP contribution in [0.25, 0.3) is 0 Å². The maximum absolute atomic E-state index is 13.0. The predicted molar refractivity (Wildman–Crippen MR) is 100 cm³/mol. The van der Waals surface area contributed by atoms with Crippen molar-refractivity contribution in [2.45, 2.75) is 25.4 Å². The quantitative estimate of drug-likeness (QED) is 0.433. The van der Waals surface area contributed by atoms with Gasteiger partial charge in [0.05, 0.1) is 13.2 Å². The Balaban J connectivity index is 2.24. The summed E-state index contributed by atoms with van der Waals surface area (Å²) in [4.78, 5) is 31.6. The van der Waals surface area contributed by atoms with Gasteiger partial charge in [0, 0.05) is 10.5 Å². The lowest BCUT2D eigenvalue weighted by molar-refractivity contribution is -0.744. The van der Waals surface area contributed by atoms with E-state index in [2.05, 4.69) is 0 Å². The Labute approximate surface area is 162 Å². The van der Waals surface area contributed by atoms with Gasteiger partial charge < -0.3 is 14.3 Å². The minimum absolute atomic E-state index is 0.0182. The first-order valence-electron chi connectivity index (χ1n) is 9.04. The molecule has 0 unspecified atom stereocenters.